The number of rotatable bonds is 8. The maximum Gasteiger partial charge on any atom is 0.315 e. The Kier molecular flexibility index (Phi) is 6.13. The molecule has 102 valence electrons. The van der Waals surface area contributed by atoms with Crippen LogP contribution in [0.1, 0.15) is 38.6 Å². The van der Waals surface area contributed by atoms with Crippen molar-refractivity contribution in [2.24, 2.45) is 0 Å². The molecule has 1 unspecified atom stereocenters. The zero-order valence-corrected chi connectivity index (χ0v) is 11.1. The molecular weight excluding hydrogens is 234 g/mol. The van der Waals surface area contributed by atoms with Crippen LogP contribution >= 0.6 is 0 Å². The Labute approximate surface area is 107 Å². The molecule has 0 aliphatic heterocycles. The lowest BCUT2D eigenvalue weighted by Crippen LogP contribution is -2.20. The molecule has 7 nitrogen and oxygen atoms in total. The van der Waals surface area contributed by atoms with Crippen LogP contribution < -0.4 is 16.0 Å². The van der Waals surface area contributed by atoms with Gasteiger partial charge in [0.2, 0.25) is 11.8 Å². The molecule has 1 aromatic rings. The molecule has 0 aliphatic carbocycles. The molecule has 0 radical (unpaired) electrons. The highest BCUT2D eigenvalue weighted by molar-refractivity contribution is 5.75. The molecule has 0 aliphatic rings. The van der Waals surface area contributed by atoms with E-state index in [0.29, 0.717) is 24.9 Å². The van der Waals surface area contributed by atoms with Gasteiger partial charge in [0.05, 0.1) is 6.04 Å². The van der Waals surface area contributed by atoms with E-state index in [1.54, 1.807) is 7.05 Å². The van der Waals surface area contributed by atoms with Crippen LogP contribution in [-0.2, 0) is 4.79 Å². The van der Waals surface area contributed by atoms with Gasteiger partial charge in [0.15, 0.2) is 0 Å². The Morgan fingerprint density at radius 2 is 2.17 bits per heavy atom. The van der Waals surface area contributed by atoms with Gasteiger partial charge in [-0.25, -0.2) is 0 Å². The van der Waals surface area contributed by atoms with Gasteiger partial charge in [-0.05, 0) is 19.9 Å². The number of anilines is 1. The molecule has 3 N–H and O–H groups in total. The third kappa shape index (κ3) is 4.70. The van der Waals surface area contributed by atoms with Crippen molar-refractivity contribution in [3.05, 3.63) is 5.89 Å². The first kappa shape index (κ1) is 14.4. The van der Waals surface area contributed by atoms with Gasteiger partial charge in [-0.3, -0.25) is 4.79 Å². The fraction of sp³-hybridized carbons (Fsp3) is 0.727. The molecule has 0 saturated carbocycles. The Bertz CT molecular complexity index is 366. The number of hydrogen-bond acceptors (Lipinski definition) is 6. The van der Waals surface area contributed by atoms with Gasteiger partial charge in [0, 0.05) is 20.0 Å². The first-order valence-electron chi connectivity index (χ1n) is 6.18. The van der Waals surface area contributed by atoms with Crippen molar-refractivity contribution in [1.29, 1.82) is 0 Å². The summed E-state index contributed by atoms with van der Waals surface area (Å²) < 4.78 is 5.43. The number of nitrogens with one attached hydrogen (secondary N) is 3. The SMILES string of the molecule is CCCNC(C)c1nnc(NCCC(=O)NC)o1. The van der Waals surface area contributed by atoms with Crippen LogP contribution in [0, 0.1) is 0 Å². The van der Waals surface area contributed by atoms with E-state index in [4.69, 9.17) is 4.42 Å². The van der Waals surface area contributed by atoms with E-state index in [0.717, 1.165) is 13.0 Å². The van der Waals surface area contributed by atoms with Gasteiger partial charge in [0.25, 0.3) is 0 Å². The van der Waals surface area contributed by atoms with Crippen molar-refractivity contribution < 1.29 is 9.21 Å². The van der Waals surface area contributed by atoms with Crippen molar-refractivity contribution in [1.82, 2.24) is 20.8 Å². The van der Waals surface area contributed by atoms with Crippen molar-refractivity contribution in [2.45, 2.75) is 32.7 Å². The fourth-order valence-electron chi connectivity index (χ4n) is 1.34. The second kappa shape index (κ2) is 7.65. The third-order valence-corrected chi connectivity index (χ3v) is 2.42. The Balaban J connectivity index is 2.36. The lowest BCUT2D eigenvalue weighted by molar-refractivity contribution is -0.120. The summed E-state index contributed by atoms with van der Waals surface area (Å²) in [6, 6.07) is 0.381. The van der Waals surface area contributed by atoms with Gasteiger partial charge >= 0.3 is 6.01 Å². The van der Waals surface area contributed by atoms with Gasteiger partial charge in [0.1, 0.15) is 0 Å². The normalized spacial score (nSPS) is 12.2. The quantitative estimate of drug-likeness (QED) is 0.632. The fourth-order valence-corrected chi connectivity index (χ4v) is 1.34. The molecule has 1 rings (SSSR count). The number of hydrogen-bond donors (Lipinski definition) is 3. The van der Waals surface area contributed by atoms with Crippen LogP contribution in [-0.4, -0.2) is 36.2 Å². The lowest BCUT2D eigenvalue weighted by atomic mass is 10.3. The summed E-state index contributed by atoms with van der Waals surface area (Å²) >= 11 is 0. The summed E-state index contributed by atoms with van der Waals surface area (Å²) in [5.41, 5.74) is 0. The molecule has 0 spiro atoms. The topological polar surface area (TPSA) is 92.1 Å². The van der Waals surface area contributed by atoms with E-state index in [1.807, 2.05) is 6.92 Å². The second-order valence-corrected chi connectivity index (χ2v) is 3.97. The minimum absolute atomic E-state index is 0.0276. The molecule has 18 heavy (non-hydrogen) atoms. The molecule has 0 bridgehead atoms. The van der Waals surface area contributed by atoms with Crippen LogP contribution in [0.15, 0.2) is 4.42 Å². The average molecular weight is 255 g/mol. The first-order chi connectivity index (χ1) is 8.67. The molecule has 0 aromatic carbocycles. The summed E-state index contributed by atoms with van der Waals surface area (Å²) in [7, 11) is 1.61. The summed E-state index contributed by atoms with van der Waals surface area (Å²) in [6.07, 6.45) is 1.42. The highest BCUT2D eigenvalue weighted by atomic mass is 16.4. The molecule has 7 heteroatoms. The van der Waals surface area contributed by atoms with Crippen LogP contribution in [0.4, 0.5) is 6.01 Å². The summed E-state index contributed by atoms with van der Waals surface area (Å²) in [6.45, 7) is 5.44. The zero-order chi connectivity index (χ0) is 13.4. The van der Waals surface area contributed by atoms with Crippen LogP contribution in [0.2, 0.25) is 0 Å². The molecule has 1 atom stereocenters. The Hall–Kier alpha value is -1.63. The molecular formula is C11H21N5O2. The second-order valence-electron chi connectivity index (χ2n) is 3.97. The van der Waals surface area contributed by atoms with E-state index in [-0.39, 0.29) is 11.9 Å². The van der Waals surface area contributed by atoms with Crippen molar-refractivity contribution in [2.75, 3.05) is 25.5 Å². The molecule has 1 aromatic heterocycles. The molecule has 1 heterocycles. The summed E-state index contributed by atoms with van der Waals surface area (Å²) in [4.78, 5) is 11.0. The standard InChI is InChI=1S/C11H21N5O2/c1-4-6-13-8(2)10-15-16-11(18-10)14-7-5-9(17)12-3/h8,13H,4-7H2,1-3H3,(H,12,17)(H,14,16). The number of nitrogens with zero attached hydrogens (tertiary/aromatic N) is 2. The van der Waals surface area contributed by atoms with Crippen molar-refractivity contribution in [3.8, 4) is 0 Å². The maximum atomic E-state index is 11.0. The van der Waals surface area contributed by atoms with E-state index in [1.165, 1.54) is 0 Å². The zero-order valence-electron chi connectivity index (χ0n) is 11.1. The smallest absolute Gasteiger partial charge is 0.315 e. The average Bonchev–Trinajstić information content (AvgIpc) is 2.84. The van der Waals surface area contributed by atoms with Crippen LogP contribution in [0.25, 0.3) is 0 Å². The Morgan fingerprint density at radius 1 is 1.39 bits per heavy atom. The number of aromatic nitrogens is 2. The predicted molar refractivity (Wildman–Crippen MR) is 68.2 cm³/mol. The first-order valence-corrected chi connectivity index (χ1v) is 6.18. The van der Waals surface area contributed by atoms with Crippen molar-refractivity contribution >= 4 is 11.9 Å². The van der Waals surface area contributed by atoms with Crippen molar-refractivity contribution in [3.63, 3.8) is 0 Å². The van der Waals surface area contributed by atoms with E-state index in [2.05, 4.69) is 33.1 Å². The highest BCUT2D eigenvalue weighted by Crippen LogP contribution is 2.13. The van der Waals surface area contributed by atoms with E-state index >= 15 is 0 Å². The maximum absolute atomic E-state index is 11.0. The molecule has 0 fully saturated rings. The van der Waals surface area contributed by atoms with Crippen LogP contribution in [0.3, 0.4) is 0 Å². The third-order valence-electron chi connectivity index (χ3n) is 2.42. The van der Waals surface area contributed by atoms with Gasteiger partial charge in [-0.2, -0.15) is 0 Å². The van der Waals surface area contributed by atoms with Gasteiger partial charge in [-0.15, -0.1) is 5.10 Å². The Morgan fingerprint density at radius 3 is 2.83 bits per heavy atom. The summed E-state index contributed by atoms with van der Waals surface area (Å²) in [5, 5.41) is 16.5. The molecule has 1 amide bonds. The number of carbonyl (C=O) groups is 1. The van der Waals surface area contributed by atoms with Gasteiger partial charge in [-0.1, -0.05) is 12.0 Å². The van der Waals surface area contributed by atoms with E-state index < -0.39 is 0 Å². The number of amides is 1. The van der Waals surface area contributed by atoms with E-state index in [9.17, 15) is 4.79 Å². The lowest BCUT2D eigenvalue weighted by Gasteiger charge is -2.07. The highest BCUT2D eigenvalue weighted by Gasteiger charge is 2.12. The van der Waals surface area contributed by atoms with Gasteiger partial charge < -0.3 is 20.4 Å². The largest absolute Gasteiger partial charge is 0.406 e. The van der Waals surface area contributed by atoms with Crippen LogP contribution in [0.5, 0.6) is 0 Å². The number of carbonyl (C=O) groups excluding carboxylic acids is 1. The monoisotopic (exact) mass is 255 g/mol. The predicted octanol–water partition coefficient (Wildman–Crippen LogP) is 0.678. The summed E-state index contributed by atoms with van der Waals surface area (Å²) in [5.74, 6) is 0.520. The molecule has 0 saturated heterocycles. The minimum atomic E-state index is -0.0276. The minimum Gasteiger partial charge on any atom is -0.406 e.